The van der Waals surface area contributed by atoms with Gasteiger partial charge in [-0.15, -0.1) is 0 Å². The minimum absolute atomic E-state index is 0.196. The van der Waals surface area contributed by atoms with Gasteiger partial charge in [0.1, 0.15) is 5.82 Å². The summed E-state index contributed by atoms with van der Waals surface area (Å²) in [5.41, 5.74) is 6.44. The van der Waals surface area contributed by atoms with Crippen LogP contribution in [0.3, 0.4) is 0 Å². The molecule has 0 spiro atoms. The van der Waals surface area contributed by atoms with E-state index in [1.165, 1.54) is 85.0 Å². The lowest BCUT2D eigenvalue weighted by molar-refractivity contribution is 0.209. The first kappa shape index (κ1) is 21.9. The molecular weight excluding hydrogens is 407 g/mol. The van der Waals surface area contributed by atoms with Crippen molar-refractivity contribution in [1.82, 2.24) is 9.47 Å². The molecule has 0 aliphatic carbocycles. The number of hydrogen-bond acceptors (Lipinski definition) is 1. The second kappa shape index (κ2) is 9.93. The lowest BCUT2D eigenvalue weighted by Crippen LogP contribution is -2.33. The summed E-state index contributed by atoms with van der Waals surface area (Å²) >= 11 is 0. The molecule has 1 aliphatic heterocycles. The highest BCUT2D eigenvalue weighted by atomic mass is 19.1. The molecule has 2 nitrogen and oxygen atoms in total. The van der Waals surface area contributed by atoms with Gasteiger partial charge in [0.25, 0.3) is 0 Å². The number of rotatable bonds is 7. The first-order valence-corrected chi connectivity index (χ1v) is 12.3. The molecule has 1 fully saturated rings. The highest BCUT2D eigenvalue weighted by molar-refractivity contribution is 5.85. The molecule has 33 heavy (non-hydrogen) atoms. The van der Waals surface area contributed by atoms with Crippen molar-refractivity contribution >= 4 is 10.9 Å². The van der Waals surface area contributed by atoms with E-state index in [0.717, 1.165) is 18.0 Å². The first-order chi connectivity index (χ1) is 16.2. The fourth-order valence-corrected chi connectivity index (χ4v) is 5.24. The van der Waals surface area contributed by atoms with Crippen LogP contribution in [-0.4, -0.2) is 29.1 Å². The van der Waals surface area contributed by atoms with Gasteiger partial charge < -0.3 is 9.47 Å². The number of hydrogen-bond donors (Lipinski definition) is 0. The number of piperidine rings is 1. The van der Waals surface area contributed by atoms with Crippen LogP contribution in [0.4, 0.5) is 4.39 Å². The minimum atomic E-state index is -0.196. The Morgan fingerprint density at radius 3 is 2.33 bits per heavy atom. The first-order valence-electron chi connectivity index (χ1n) is 12.3. The number of para-hydroxylation sites is 1. The number of benzene rings is 3. The zero-order valence-corrected chi connectivity index (χ0v) is 19.5. The Morgan fingerprint density at radius 2 is 1.58 bits per heavy atom. The Morgan fingerprint density at radius 1 is 0.848 bits per heavy atom. The maximum absolute atomic E-state index is 13.4. The smallest absolute Gasteiger partial charge is 0.123 e. The molecule has 1 saturated heterocycles. The molecule has 0 unspecified atom stereocenters. The van der Waals surface area contributed by atoms with E-state index in [0.29, 0.717) is 0 Å². The summed E-state index contributed by atoms with van der Waals surface area (Å²) in [4.78, 5) is 2.65. The van der Waals surface area contributed by atoms with Gasteiger partial charge in [0.15, 0.2) is 0 Å². The Bertz CT molecular complexity index is 1180. The monoisotopic (exact) mass is 440 g/mol. The highest BCUT2D eigenvalue weighted by Crippen LogP contribution is 2.29. The van der Waals surface area contributed by atoms with Gasteiger partial charge in [-0.25, -0.2) is 4.39 Å². The molecule has 1 aromatic heterocycles. The van der Waals surface area contributed by atoms with Crippen molar-refractivity contribution in [1.29, 1.82) is 0 Å². The lowest BCUT2D eigenvalue weighted by Gasteiger charge is -2.32. The zero-order valence-electron chi connectivity index (χ0n) is 19.5. The van der Waals surface area contributed by atoms with Gasteiger partial charge in [-0.05, 0) is 106 Å². The van der Waals surface area contributed by atoms with Crippen LogP contribution in [0.5, 0.6) is 0 Å². The summed E-state index contributed by atoms with van der Waals surface area (Å²) in [6.45, 7) is 5.77. The summed E-state index contributed by atoms with van der Waals surface area (Å²) in [7, 11) is 0. The van der Waals surface area contributed by atoms with Gasteiger partial charge in [0.05, 0.1) is 5.52 Å². The summed E-state index contributed by atoms with van der Waals surface area (Å²) in [5, 5.41) is 1.31. The number of aryl methyl sites for hydroxylation is 2. The average molecular weight is 441 g/mol. The topological polar surface area (TPSA) is 8.17 Å². The van der Waals surface area contributed by atoms with E-state index in [9.17, 15) is 4.39 Å². The molecule has 0 radical (unpaired) electrons. The summed E-state index contributed by atoms with van der Waals surface area (Å²) in [6, 6.07) is 24.4. The van der Waals surface area contributed by atoms with Crippen molar-refractivity contribution < 1.29 is 4.39 Å². The molecule has 1 aliphatic rings. The minimum Gasteiger partial charge on any atom is -0.316 e. The van der Waals surface area contributed by atoms with Gasteiger partial charge in [-0.3, -0.25) is 0 Å². The van der Waals surface area contributed by atoms with E-state index in [-0.39, 0.29) is 5.82 Å². The summed E-state index contributed by atoms with van der Waals surface area (Å²) in [6.07, 6.45) is 8.28. The molecule has 0 N–H and O–H groups in total. The molecule has 0 saturated carbocycles. The van der Waals surface area contributed by atoms with Gasteiger partial charge >= 0.3 is 0 Å². The normalized spacial score (nSPS) is 15.3. The van der Waals surface area contributed by atoms with E-state index in [1.54, 1.807) is 0 Å². The molecule has 2 heterocycles. The summed E-state index contributed by atoms with van der Waals surface area (Å²) in [5.74, 6) is 0.526. The van der Waals surface area contributed by atoms with Crippen molar-refractivity contribution in [3.8, 4) is 5.69 Å². The van der Waals surface area contributed by atoms with Gasteiger partial charge in [-0.2, -0.15) is 0 Å². The maximum atomic E-state index is 13.4. The van der Waals surface area contributed by atoms with Crippen molar-refractivity contribution in [3.63, 3.8) is 0 Å². The van der Waals surface area contributed by atoms with Crippen LogP contribution in [0.1, 0.15) is 48.3 Å². The van der Waals surface area contributed by atoms with E-state index >= 15 is 0 Å². The zero-order chi connectivity index (χ0) is 22.6. The molecule has 3 heteroatoms. The lowest BCUT2D eigenvalue weighted by atomic mass is 9.89. The fourth-order valence-electron chi connectivity index (χ4n) is 5.24. The Balaban J connectivity index is 1.15. The molecule has 0 atom stereocenters. The number of likely N-dealkylation sites (tertiary alicyclic amines) is 1. The maximum Gasteiger partial charge on any atom is 0.123 e. The van der Waals surface area contributed by atoms with Crippen LogP contribution in [0, 0.1) is 12.7 Å². The van der Waals surface area contributed by atoms with Crippen LogP contribution in [-0.2, 0) is 6.42 Å². The molecule has 170 valence electrons. The quantitative estimate of drug-likeness (QED) is 0.274. The predicted molar refractivity (Wildman–Crippen MR) is 136 cm³/mol. The fraction of sp³-hybridized carbons (Fsp3) is 0.333. The van der Waals surface area contributed by atoms with Crippen LogP contribution >= 0.6 is 0 Å². The third kappa shape index (κ3) is 5.04. The Kier molecular flexibility index (Phi) is 6.59. The Labute approximate surface area is 196 Å². The van der Waals surface area contributed by atoms with Crippen LogP contribution in [0.25, 0.3) is 16.6 Å². The van der Waals surface area contributed by atoms with Crippen molar-refractivity contribution in [3.05, 3.63) is 102 Å². The highest BCUT2D eigenvalue weighted by Gasteiger charge is 2.20. The predicted octanol–water partition coefficient (Wildman–Crippen LogP) is 7.28. The molecule has 0 amide bonds. The van der Waals surface area contributed by atoms with Crippen LogP contribution < -0.4 is 0 Å². The molecular formula is C30H33FN2. The third-order valence-corrected chi connectivity index (χ3v) is 7.21. The number of halogens is 1. The number of aromatic nitrogens is 1. The van der Waals surface area contributed by atoms with E-state index < -0.39 is 0 Å². The van der Waals surface area contributed by atoms with Crippen molar-refractivity contribution in [2.24, 2.45) is 0 Å². The molecule has 0 bridgehead atoms. The van der Waals surface area contributed by atoms with E-state index in [1.807, 2.05) is 12.1 Å². The van der Waals surface area contributed by atoms with Crippen molar-refractivity contribution in [2.45, 2.75) is 44.9 Å². The van der Waals surface area contributed by atoms with Crippen LogP contribution in [0.2, 0.25) is 0 Å². The standard InChI is InChI=1S/C30H33FN2/c1-23-9-11-24(12-10-23)25-17-20-32(21-18-25)19-5-4-6-26-22-33(28-15-13-27(31)14-16-28)30-8-3-2-7-29(26)30/h2-3,7-16,22,25H,4-6,17-21H2,1H3. The van der Waals surface area contributed by atoms with Gasteiger partial charge in [-0.1, -0.05) is 48.0 Å². The second-order valence-corrected chi connectivity index (χ2v) is 9.50. The van der Waals surface area contributed by atoms with Gasteiger partial charge in [0.2, 0.25) is 0 Å². The van der Waals surface area contributed by atoms with E-state index in [4.69, 9.17) is 0 Å². The number of fused-ring (bicyclic) bond motifs is 1. The molecule has 3 aromatic carbocycles. The number of unbranched alkanes of at least 4 members (excludes halogenated alkanes) is 1. The van der Waals surface area contributed by atoms with E-state index in [2.05, 4.69) is 71.1 Å². The largest absolute Gasteiger partial charge is 0.316 e. The third-order valence-electron chi connectivity index (χ3n) is 7.21. The van der Waals surface area contributed by atoms with Crippen molar-refractivity contribution in [2.75, 3.05) is 19.6 Å². The SMILES string of the molecule is Cc1ccc(C2CCN(CCCCc3cn(-c4ccc(F)cc4)c4ccccc34)CC2)cc1. The Hall–Kier alpha value is -2.91. The molecule has 4 aromatic rings. The van der Waals surface area contributed by atoms with Crippen LogP contribution in [0.15, 0.2) is 79.0 Å². The number of nitrogens with zero attached hydrogens (tertiary/aromatic N) is 2. The second-order valence-electron chi connectivity index (χ2n) is 9.50. The summed E-state index contributed by atoms with van der Waals surface area (Å²) < 4.78 is 15.6. The molecule has 5 rings (SSSR count). The van der Waals surface area contributed by atoms with Gasteiger partial charge in [0, 0.05) is 17.3 Å². The average Bonchev–Trinajstić information content (AvgIpc) is 3.22.